The molecule has 1 aromatic heterocycles. The SMILES string of the molecule is NNc1ccc(COc2cncc(Cl)c2)cc1[N+](=O)[O-]. The van der Waals surface area contributed by atoms with Gasteiger partial charge < -0.3 is 10.2 Å². The molecule has 1 heterocycles. The van der Waals surface area contributed by atoms with Crippen LogP contribution in [0.5, 0.6) is 5.75 Å². The zero-order valence-electron chi connectivity index (χ0n) is 10.2. The molecule has 0 spiro atoms. The predicted octanol–water partition coefficient (Wildman–Crippen LogP) is 2.51. The lowest BCUT2D eigenvalue weighted by atomic mass is 10.2. The highest BCUT2D eigenvalue weighted by Crippen LogP contribution is 2.25. The molecule has 20 heavy (non-hydrogen) atoms. The number of hydrazine groups is 1. The zero-order valence-corrected chi connectivity index (χ0v) is 11.0. The molecule has 2 rings (SSSR count). The molecular formula is C12H11ClN4O3. The van der Waals surface area contributed by atoms with E-state index in [4.69, 9.17) is 22.2 Å². The lowest BCUT2D eigenvalue weighted by molar-refractivity contribution is -0.384. The number of hydrogen-bond donors (Lipinski definition) is 2. The third-order valence-electron chi connectivity index (χ3n) is 2.50. The van der Waals surface area contributed by atoms with Gasteiger partial charge in [-0.2, -0.15) is 0 Å². The highest BCUT2D eigenvalue weighted by molar-refractivity contribution is 6.30. The van der Waals surface area contributed by atoms with Crippen molar-refractivity contribution in [3.63, 3.8) is 0 Å². The van der Waals surface area contributed by atoms with E-state index in [2.05, 4.69) is 10.4 Å². The fourth-order valence-corrected chi connectivity index (χ4v) is 1.74. The number of nitrogens with one attached hydrogen (secondary N) is 1. The minimum Gasteiger partial charge on any atom is -0.487 e. The molecule has 3 N–H and O–H groups in total. The van der Waals surface area contributed by atoms with E-state index in [0.29, 0.717) is 16.3 Å². The van der Waals surface area contributed by atoms with Gasteiger partial charge in [-0.1, -0.05) is 17.7 Å². The smallest absolute Gasteiger partial charge is 0.294 e. The molecule has 1 aromatic carbocycles. The number of aromatic nitrogens is 1. The van der Waals surface area contributed by atoms with E-state index in [0.717, 1.165) is 0 Å². The Morgan fingerprint density at radius 2 is 2.20 bits per heavy atom. The molecule has 0 unspecified atom stereocenters. The molecule has 0 saturated heterocycles. The van der Waals surface area contributed by atoms with E-state index in [1.807, 2.05) is 0 Å². The van der Waals surface area contributed by atoms with E-state index in [9.17, 15) is 10.1 Å². The van der Waals surface area contributed by atoms with Crippen LogP contribution in [0, 0.1) is 10.1 Å². The van der Waals surface area contributed by atoms with Crippen molar-refractivity contribution in [2.45, 2.75) is 6.61 Å². The minimum absolute atomic E-state index is 0.113. The summed E-state index contributed by atoms with van der Waals surface area (Å²) in [5.41, 5.74) is 3.04. The second-order valence-electron chi connectivity index (χ2n) is 3.88. The number of nitrogen functional groups attached to an aromatic ring is 1. The molecule has 2 aromatic rings. The van der Waals surface area contributed by atoms with Gasteiger partial charge in [0.2, 0.25) is 0 Å². The van der Waals surface area contributed by atoms with Gasteiger partial charge in [-0.3, -0.25) is 20.9 Å². The number of ether oxygens (including phenoxy) is 1. The van der Waals surface area contributed by atoms with Crippen LogP contribution >= 0.6 is 11.6 Å². The van der Waals surface area contributed by atoms with Crippen LogP contribution in [0.1, 0.15) is 5.56 Å². The van der Waals surface area contributed by atoms with Crippen LogP contribution in [0.4, 0.5) is 11.4 Å². The van der Waals surface area contributed by atoms with Gasteiger partial charge in [0.15, 0.2) is 0 Å². The Bertz CT molecular complexity index is 636. The van der Waals surface area contributed by atoms with Crippen LogP contribution in [0.2, 0.25) is 5.02 Å². The largest absolute Gasteiger partial charge is 0.487 e. The highest BCUT2D eigenvalue weighted by Gasteiger charge is 2.13. The van der Waals surface area contributed by atoms with Gasteiger partial charge in [0.05, 0.1) is 16.1 Å². The van der Waals surface area contributed by atoms with Crippen molar-refractivity contribution in [2.24, 2.45) is 5.84 Å². The van der Waals surface area contributed by atoms with Crippen LogP contribution < -0.4 is 16.0 Å². The number of hydrogen-bond acceptors (Lipinski definition) is 6. The predicted molar refractivity (Wildman–Crippen MR) is 74.5 cm³/mol. The molecule has 0 atom stereocenters. The molecule has 0 radical (unpaired) electrons. The summed E-state index contributed by atoms with van der Waals surface area (Å²) in [7, 11) is 0. The standard InChI is InChI=1S/C12H11ClN4O3/c13-9-4-10(6-15-5-9)20-7-8-1-2-11(16-14)12(3-8)17(18)19/h1-6,16H,7,14H2. The zero-order chi connectivity index (χ0) is 14.5. The number of anilines is 1. The van der Waals surface area contributed by atoms with Crippen LogP contribution in [-0.2, 0) is 6.61 Å². The lowest BCUT2D eigenvalue weighted by Crippen LogP contribution is -2.09. The van der Waals surface area contributed by atoms with Gasteiger partial charge >= 0.3 is 0 Å². The third kappa shape index (κ3) is 3.34. The first-order chi connectivity index (χ1) is 9.60. The summed E-state index contributed by atoms with van der Waals surface area (Å²) in [4.78, 5) is 14.3. The van der Waals surface area contributed by atoms with Crippen LogP contribution in [0.3, 0.4) is 0 Å². The summed E-state index contributed by atoms with van der Waals surface area (Å²) >= 11 is 5.78. The molecule has 8 heteroatoms. The first-order valence-electron chi connectivity index (χ1n) is 5.57. The van der Waals surface area contributed by atoms with Crippen molar-refractivity contribution >= 4 is 23.0 Å². The summed E-state index contributed by atoms with van der Waals surface area (Å²) in [6, 6.07) is 6.21. The van der Waals surface area contributed by atoms with E-state index in [-0.39, 0.29) is 18.0 Å². The van der Waals surface area contributed by atoms with Crippen molar-refractivity contribution in [2.75, 3.05) is 5.43 Å². The molecule has 7 nitrogen and oxygen atoms in total. The van der Waals surface area contributed by atoms with Gasteiger partial charge in [-0.05, 0) is 11.6 Å². The average Bonchev–Trinajstić information content (AvgIpc) is 2.45. The van der Waals surface area contributed by atoms with Crippen molar-refractivity contribution in [3.05, 3.63) is 57.4 Å². The number of nitro groups is 1. The van der Waals surface area contributed by atoms with E-state index in [1.165, 1.54) is 24.5 Å². The summed E-state index contributed by atoms with van der Waals surface area (Å²) in [5, 5.41) is 11.3. The molecule has 0 aliphatic rings. The fraction of sp³-hybridized carbons (Fsp3) is 0.0833. The first kappa shape index (κ1) is 14.0. The third-order valence-corrected chi connectivity index (χ3v) is 2.71. The number of pyridine rings is 1. The summed E-state index contributed by atoms with van der Waals surface area (Å²) in [6.45, 7) is 0.160. The van der Waals surface area contributed by atoms with Gasteiger partial charge in [-0.15, -0.1) is 0 Å². The maximum atomic E-state index is 10.9. The number of benzene rings is 1. The average molecular weight is 295 g/mol. The number of nitrogens with two attached hydrogens (primary N) is 1. The first-order valence-corrected chi connectivity index (χ1v) is 5.95. The normalized spacial score (nSPS) is 10.1. The lowest BCUT2D eigenvalue weighted by Gasteiger charge is -2.07. The van der Waals surface area contributed by atoms with Crippen LogP contribution in [0.25, 0.3) is 0 Å². The van der Waals surface area contributed by atoms with Gasteiger partial charge in [-0.25, -0.2) is 0 Å². The van der Waals surface area contributed by atoms with Crippen LogP contribution in [-0.4, -0.2) is 9.91 Å². The fourth-order valence-electron chi connectivity index (χ4n) is 1.58. The van der Waals surface area contributed by atoms with Gasteiger partial charge in [0, 0.05) is 18.3 Å². The number of halogens is 1. The maximum Gasteiger partial charge on any atom is 0.294 e. The molecule has 0 amide bonds. The Morgan fingerprint density at radius 3 is 2.85 bits per heavy atom. The van der Waals surface area contributed by atoms with Gasteiger partial charge in [0.1, 0.15) is 18.0 Å². The number of nitro benzene ring substituents is 1. The Labute approximate surface area is 119 Å². The Kier molecular flexibility index (Phi) is 4.34. The molecular weight excluding hydrogens is 284 g/mol. The Morgan fingerprint density at radius 1 is 1.40 bits per heavy atom. The monoisotopic (exact) mass is 294 g/mol. The molecule has 0 aliphatic heterocycles. The van der Waals surface area contributed by atoms with E-state index in [1.54, 1.807) is 12.1 Å². The van der Waals surface area contributed by atoms with Gasteiger partial charge in [0.25, 0.3) is 5.69 Å². The molecule has 104 valence electrons. The molecule has 0 bridgehead atoms. The van der Waals surface area contributed by atoms with Crippen molar-refractivity contribution < 1.29 is 9.66 Å². The van der Waals surface area contributed by atoms with E-state index >= 15 is 0 Å². The number of nitrogens with zero attached hydrogens (tertiary/aromatic N) is 2. The second-order valence-corrected chi connectivity index (χ2v) is 4.32. The Hall–Kier alpha value is -2.38. The molecule has 0 saturated carbocycles. The quantitative estimate of drug-likeness (QED) is 0.499. The topological polar surface area (TPSA) is 103 Å². The maximum absolute atomic E-state index is 10.9. The summed E-state index contributed by atoms with van der Waals surface area (Å²) < 4.78 is 5.46. The second kappa shape index (κ2) is 6.18. The van der Waals surface area contributed by atoms with Crippen molar-refractivity contribution in [1.29, 1.82) is 0 Å². The minimum atomic E-state index is -0.514. The van der Waals surface area contributed by atoms with E-state index < -0.39 is 4.92 Å². The van der Waals surface area contributed by atoms with Crippen molar-refractivity contribution in [3.8, 4) is 5.75 Å². The number of rotatable bonds is 5. The summed E-state index contributed by atoms with van der Waals surface area (Å²) in [5.74, 6) is 5.70. The summed E-state index contributed by atoms with van der Waals surface area (Å²) in [6.07, 6.45) is 3.00. The molecule has 0 fully saturated rings. The van der Waals surface area contributed by atoms with Crippen molar-refractivity contribution in [1.82, 2.24) is 4.98 Å². The highest BCUT2D eigenvalue weighted by atomic mass is 35.5. The Balaban J connectivity index is 2.14. The van der Waals surface area contributed by atoms with Crippen LogP contribution in [0.15, 0.2) is 36.7 Å². The molecule has 0 aliphatic carbocycles.